The Morgan fingerprint density at radius 2 is 2.13 bits per heavy atom. The number of nitrogens with zero attached hydrogens (tertiary/aromatic N) is 2. The van der Waals surface area contributed by atoms with Crippen LogP contribution in [0.15, 0.2) is 54.0 Å². The van der Waals surface area contributed by atoms with Crippen LogP contribution in [-0.4, -0.2) is 29.2 Å². The number of carbonyl (C=O) groups excluding carboxylic acids is 1. The van der Waals surface area contributed by atoms with Gasteiger partial charge in [-0.1, -0.05) is 18.2 Å². The first-order chi connectivity index (χ1) is 14.7. The minimum atomic E-state index is -0.0519. The van der Waals surface area contributed by atoms with Crippen LogP contribution in [0.3, 0.4) is 0 Å². The van der Waals surface area contributed by atoms with E-state index in [9.17, 15) is 4.79 Å². The second kappa shape index (κ2) is 7.72. The Morgan fingerprint density at radius 3 is 3.03 bits per heavy atom. The lowest BCUT2D eigenvalue weighted by Gasteiger charge is -2.06. The molecule has 0 bridgehead atoms. The van der Waals surface area contributed by atoms with Gasteiger partial charge in [0.15, 0.2) is 16.5 Å². The van der Waals surface area contributed by atoms with Crippen molar-refractivity contribution in [2.24, 2.45) is 0 Å². The Kier molecular flexibility index (Phi) is 4.76. The van der Waals surface area contributed by atoms with Crippen molar-refractivity contribution in [1.29, 1.82) is 0 Å². The van der Waals surface area contributed by atoms with E-state index in [4.69, 9.17) is 14.2 Å². The molecule has 1 aliphatic rings. The molecule has 0 saturated heterocycles. The van der Waals surface area contributed by atoms with Crippen LogP contribution in [0.4, 0.5) is 0 Å². The number of ether oxygens (including phenoxy) is 3. The molecule has 0 radical (unpaired) electrons. The molecule has 7 nitrogen and oxygen atoms in total. The SMILES string of the molecule is COc1cccc(-c2cn3c(CC(=O)NCc4ccc5c(c4)OCO5)csc3n2)c1. The van der Waals surface area contributed by atoms with E-state index in [1.807, 2.05) is 58.4 Å². The maximum Gasteiger partial charge on any atom is 0.231 e. The van der Waals surface area contributed by atoms with Crippen molar-refractivity contribution >= 4 is 22.2 Å². The summed E-state index contributed by atoms with van der Waals surface area (Å²) in [5.41, 5.74) is 3.69. The predicted molar refractivity (Wildman–Crippen MR) is 113 cm³/mol. The monoisotopic (exact) mass is 421 g/mol. The molecule has 8 heteroatoms. The zero-order chi connectivity index (χ0) is 20.5. The molecule has 2 aromatic heterocycles. The number of amides is 1. The molecule has 3 heterocycles. The van der Waals surface area contributed by atoms with Gasteiger partial charge in [0.25, 0.3) is 0 Å². The zero-order valence-electron chi connectivity index (χ0n) is 16.3. The second-order valence-corrected chi connectivity index (χ2v) is 7.72. The van der Waals surface area contributed by atoms with Crippen LogP contribution in [0, 0.1) is 0 Å². The smallest absolute Gasteiger partial charge is 0.231 e. The van der Waals surface area contributed by atoms with Gasteiger partial charge in [0.2, 0.25) is 12.7 Å². The number of fused-ring (bicyclic) bond motifs is 2. The zero-order valence-corrected chi connectivity index (χ0v) is 17.1. The standard InChI is InChI=1S/C22H19N3O4S/c1-27-17-4-2-3-15(8-17)18-11-25-16(12-30-22(25)24-18)9-21(26)23-10-14-5-6-19-20(7-14)29-13-28-19/h2-8,11-12H,9-10,13H2,1H3,(H,23,26). The molecule has 0 fully saturated rings. The van der Waals surface area contributed by atoms with Crippen LogP contribution in [0.5, 0.6) is 17.2 Å². The van der Waals surface area contributed by atoms with Crippen molar-refractivity contribution in [2.45, 2.75) is 13.0 Å². The predicted octanol–water partition coefficient (Wildman–Crippen LogP) is 3.66. The van der Waals surface area contributed by atoms with E-state index in [2.05, 4.69) is 10.3 Å². The van der Waals surface area contributed by atoms with E-state index in [0.29, 0.717) is 12.3 Å². The number of imidazole rings is 1. The van der Waals surface area contributed by atoms with Crippen molar-refractivity contribution in [2.75, 3.05) is 13.9 Å². The Labute approximate surface area is 176 Å². The van der Waals surface area contributed by atoms with Crippen LogP contribution < -0.4 is 19.5 Å². The number of carbonyl (C=O) groups is 1. The first kappa shape index (κ1) is 18.5. The van der Waals surface area contributed by atoms with Gasteiger partial charge in [-0.2, -0.15) is 0 Å². The fourth-order valence-electron chi connectivity index (χ4n) is 3.36. The van der Waals surface area contributed by atoms with Crippen LogP contribution in [0.2, 0.25) is 0 Å². The van der Waals surface area contributed by atoms with E-state index in [-0.39, 0.29) is 19.1 Å². The molecule has 1 amide bonds. The summed E-state index contributed by atoms with van der Waals surface area (Å²) in [7, 11) is 1.64. The third-order valence-corrected chi connectivity index (χ3v) is 5.81. The van der Waals surface area contributed by atoms with Crippen LogP contribution in [0.1, 0.15) is 11.3 Å². The van der Waals surface area contributed by atoms with Crippen LogP contribution in [-0.2, 0) is 17.8 Å². The topological polar surface area (TPSA) is 74.1 Å². The summed E-state index contributed by atoms with van der Waals surface area (Å²) >= 11 is 1.52. The molecule has 1 N–H and O–H groups in total. The van der Waals surface area contributed by atoms with Gasteiger partial charge in [0.1, 0.15) is 5.75 Å². The third kappa shape index (κ3) is 3.57. The van der Waals surface area contributed by atoms with Crippen LogP contribution >= 0.6 is 11.3 Å². The van der Waals surface area contributed by atoms with Crippen molar-refractivity contribution in [3.8, 4) is 28.5 Å². The second-order valence-electron chi connectivity index (χ2n) is 6.88. The average molecular weight is 421 g/mol. The number of benzene rings is 2. The van der Waals surface area contributed by atoms with Gasteiger partial charge in [-0.3, -0.25) is 9.20 Å². The molecule has 0 unspecified atom stereocenters. The largest absolute Gasteiger partial charge is 0.497 e. The van der Waals surface area contributed by atoms with Gasteiger partial charge in [-0.15, -0.1) is 11.3 Å². The molecule has 0 aliphatic carbocycles. The van der Waals surface area contributed by atoms with Crippen molar-refractivity contribution in [3.05, 3.63) is 65.3 Å². The van der Waals surface area contributed by atoms with Gasteiger partial charge in [-0.05, 0) is 29.8 Å². The summed E-state index contributed by atoms with van der Waals surface area (Å²) in [6.45, 7) is 0.670. The first-order valence-corrected chi connectivity index (χ1v) is 10.3. The highest BCUT2D eigenvalue weighted by Crippen LogP contribution is 2.32. The lowest BCUT2D eigenvalue weighted by atomic mass is 10.1. The molecule has 1 aliphatic heterocycles. The number of thiazole rings is 1. The van der Waals surface area contributed by atoms with E-state index >= 15 is 0 Å². The molecular weight excluding hydrogens is 402 g/mol. The first-order valence-electron chi connectivity index (χ1n) is 9.45. The Hall–Kier alpha value is -3.52. The molecule has 152 valence electrons. The van der Waals surface area contributed by atoms with E-state index in [1.165, 1.54) is 11.3 Å². The fourth-order valence-corrected chi connectivity index (χ4v) is 4.23. The minimum absolute atomic E-state index is 0.0519. The molecular formula is C22H19N3O4S. The summed E-state index contributed by atoms with van der Waals surface area (Å²) in [6, 6.07) is 13.5. The van der Waals surface area contributed by atoms with E-state index in [1.54, 1.807) is 7.11 Å². The van der Waals surface area contributed by atoms with Gasteiger partial charge in [-0.25, -0.2) is 4.98 Å². The number of nitrogens with one attached hydrogen (secondary N) is 1. The molecule has 0 spiro atoms. The number of hydrogen-bond donors (Lipinski definition) is 1. The van der Waals surface area contributed by atoms with Gasteiger partial charge >= 0.3 is 0 Å². The van der Waals surface area contributed by atoms with Crippen LogP contribution in [0.25, 0.3) is 16.2 Å². The van der Waals surface area contributed by atoms with Crippen molar-refractivity contribution in [1.82, 2.24) is 14.7 Å². The normalized spacial score (nSPS) is 12.3. The fraction of sp³-hybridized carbons (Fsp3) is 0.182. The maximum absolute atomic E-state index is 12.5. The number of hydrogen-bond acceptors (Lipinski definition) is 6. The summed E-state index contributed by atoms with van der Waals surface area (Å²) in [5, 5.41) is 4.94. The quantitative estimate of drug-likeness (QED) is 0.514. The summed E-state index contributed by atoms with van der Waals surface area (Å²) in [4.78, 5) is 18.0. The summed E-state index contributed by atoms with van der Waals surface area (Å²) in [5.74, 6) is 2.18. The molecule has 0 saturated carbocycles. The molecule has 30 heavy (non-hydrogen) atoms. The third-order valence-electron chi connectivity index (χ3n) is 4.92. The van der Waals surface area contributed by atoms with E-state index in [0.717, 1.165) is 39.0 Å². The number of aromatic nitrogens is 2. The maximum atomic E-state index is 12.5. The Morgan fingerprint density at radius 1 is 1.23 bits per heavy atom. The average Bonchev–Trinajstić information content (AvgIpc) is 3.49. The lowest BCUT2D eigenvalue weighted by molar-refractivity contribution is -0.120. The minimum Gasteiger partial charge on any atom is -0.497 e. The highest BCUT2D eigenvalue weighted by molar-refractivity contribution is 7.15. The van der Waals surface area contributed by atoms with Crippen molar-refractivity contribution in [3.63, 3.8) is 0 Å². The Balaban J connectivity index is 1.28. The van der Waals surface area contributed by atoms with Gasteiger partial charge in [0.05, 0.1) is 19.2 Å². The van der Waals surface area contributed by atoms with Crippen molar-refractivity contribution < 1.29 is 19.0 Å². The lowest BCUT2D eigenvalue weighted by Crippen LogP contribution is -2.24. The van der Waals surface area contributed by atoms with E-state index < -0.39 is 0 Å². The number of rotatable bonds is 6. The Bertz CT molecular complexity index is 1230. The highest BCUT2D eigenvalue weighted by atomic mass is 32.1. The van der Waals surface area contributed by atoms with Gasteiger partial charge in [0, 0.05) is 29.4 Å². The molecule has 4 aromatic rings. The molecule has 0 atom stereocenters. The summed E-state index contributed by atoms with van der Waals surface area (Å²) in [6.07, 6.45) is 2.24. The summed E-state index contributed by atoms with van der Waals surface area (Å²) < 4.78 is 18.0. The van der Waals surface area contributed by atoms with Gasteiger partial charge < -0.3 is 19.5 Å². The highest BCUT2D eigenvalue weighted by Gasteiger charge is 2.15. The number of methoxy groups -OCH3 is 1. The molecule has 2 aromatic carbocycles. The molecule has 5 rings (SSSR count).